The molecule has 4 aromatic rings. The molecule has 1 saturated heterocycles. The lowest BCUT2D eigenvalue weighted by atomic mass is 10.0. The van der Waals surface area contributed by atoms with E-state index in [4.69, 9.17) is 4.74 Å². The highest BCUT2D eigenvalue weighted by Gasteiger charge is 2.23. The van der Waals surface area contributed by atoms with Gasteiger partial charge in [0.2, 0.25) is 0 Å². The summed E-state index contributed by atoms with van der Waals surface area (Å²) in [7, 11) is 1.93. The molecular weight excluding hydrogens is 364 g/mol. The maximum atomic E-state index is 5.86. The van der Waals surface area contributed by atoms with E-state index in [2.05, 4.69) is 63.3 Å². The van der Waals surface area contributed by atoms with Gasteiger partial charge in [0.1, 0.15) is 11.5 Å². The van der Waals surface area contributed by atoms with Crippen LogP contribution >= 0.6 is 0 Å². The van der Waals surface area contributed by atoms with Gasteiger partial charge in [-0.2, -0.15) is 10.2 Å². The smallest absolute Gasteiger partial charge is 0.129 e. The fraction of sp³-hybridized carbons (Fsp3) is 0.318. The van der Waals surface area contributed by atoms with Gasteiger partial charge in [0, 0.05) is 49.0 Å². The number of anilines is 1. The second-order valence-electron chi connectivity index (χ2n) is 7.80. The first kappa shape index (κ1) is 17.9. The van der Waals surface area contributed by atoms with E-state index in [9.17, 15) is 0 Å². The van der Waals surface area contributed by atoms with Crippen molar-refractivity contribution >= 4 is 16.7 Å². The number of H-pyrrole nitrogens is 1. The Morgan fingerprint density at radius 1 is 1.03 bits per heavy atom. The van der Waals surface area contributed by atoms with E-state index in [1.807, 2.05) is 36.4 Å². The molecule has 148 valence electrons. The normalized spacial score (nSPS) is 19.8. The van der Waals surface area contributed by atoms with Crippen LogP contribution in [0.25, 0.3) is 33.3 Å². The molecule has 1 aliphatic heterocycles. The number of rotatable bonds is 3. The number of morpholine rings is 1. The summed E-state index contributed by atoms with van der Waals surface area (Å²) in [6, 6.07) is 10.5. The zero-order valence-electron chi connectivity index (χ0n) is 16.8. The Bertz CT molecular complexity index is 1150. The molecule has 7 nitrogen and oxygen atoms in total. The van der Waals surface area contributed by atoms with Crippen molar-refractivity contribution in [3.05, 3.63) is 48.9 Å². The van der Waals surface area contributed by atoms with Crippen molar-refractivity contribution in [2.24, 2.45) is 7.05 Å². The monoisotopic (exact) mass is 388 g/mol. The number of aryl methyl sites for hydroxylation is 1. The van der Waals surface area contributed by atoms with Gasteiger partial charge in [-0.3, -0.25) is 9.78 Å². The number of ether oxygens (including phenoxy) is 1. The molecule has 5 rings (SSSR count). The third kappa shape index (κ3) is 3.38. The van der Waals surface area contributed by atoms with Crippen molar-refractivity contribution < 1.29 is 4.74 Å². The van der Waals surface area contributed by atoms with Gasteiger partial charge in [0.25, 0.3) is 0 Å². The summed E-state index contributed by atoms with van der Waals surface area (Å²) in [5, 5.41) is 13.1. The third-order valence-corrected chi connectivity index (χ3v) is 5.36. The van der Waals surface area contributed by atoms with E-state index in [1.54, 1.807) is 0 Å². The number of nitrogens with zero attached hydrogens (tertiary/aromatic N) is 5. The summed E-state index contributed by atoms with van der Waals surface area (Å²) < 4.78 is 7.68. The number of fused-ring (bicyclic) bond motifs is 1. The molecule has 29 heavy (non-hydrogen) atoms. The molecule has 0 bridgehead atoms. The molecule has 7 heteroatoms. The Morgan fingerprint density at radius 3 is 2.62 bits per heavy atom. The van der Waals surface area contributed by atoms with Crippen molar-refractivity contribution in [1.82, 2.24) is 25.0 Å². The Morgan fingerprint density at radius 2 is 1.86 bits per heavy atom. The fourth-order valence-electron chi connectivity index (χ4n) is 4.09. The van der Waals surface area contributed by atoms with E-state index in [0.717, 1.165) is 52.2 Å². The Labute approximate surface area is 169 Å². The Balaban J connectivity index is 1.54. The number of hydrogen-bond acceptors (Lipinski definition) is 5. The van der Waals surface area contributed by atoms with Crippen LogP contribution in [0.15, 0.2) is 48.9 Å². The summed E-state index contributed by atoms with van der Waals surface area (Å²) in [6.45, 7) is 5.89. The molecule has 4 heterocycles. The molecule has 1 aromatic carbocycles. The van der Waals surface area contributed by atoms with Crippen molar-refractivity contribution in [3.63, 3.8) is 0 Å². The maximum absolute atomic E-state index is 5.86. The second kappa shape index (κ2) is 7.00. The van der Waals surface area contributed by atoms with Crippen LogP contribution in [0.1, 0.15) is 13.8 Å². The SMILES string of the molecule is C[C@@H]1CN(c2cc(-c3n[nH]c4ccc(-c5cnn(C)c5)cc34)ccn2)C[C@H](C)O1. The zero-order chi connectivity index (χ0) is 20.0. The molecule has 0 unspecified atom stereocenters. The highest BCUT2D eigenvalue weighted by Crippen LogP contribution is 2.32. The Kier molecular flexibility index (Phi) is 4.32. The number of aromatic amines is 1. The number of aromatic nitrogens is 5. The minimum Gasteiger partial charge on any atom is -0.372 e. The van der Waals surface area contributed by atoms with Crippen LogP contribution < -0.4 is 4.90 Å². The Hall–Kier alpha value is -3.19. The first-order valence-electron chi connectivity index (χ1n) is 9.91. The molecule has 0 aliphatic carbocycles. The van der Waals surface area contributed by atoms with Gasteiger partial charge in [0.15, 0.2) is 0 Å². The van der Waals surface area contributed by atoms with Gasteiger partial charge in [0.05, 0.1) is 23.9 Å². The van der Waals surface area contributed by atoms with Crippen molar-refractivity contribution in [2.45, 2.75) is 26.1 Å². The van der Waals surface area contributed by atoms with Crippen LogP contribution in [0, 0.1) is 0 Å². The lowest BCUT2D eigenvalue weighted by Crippen LogP contribution is -2.45. The van der Waals surface area contributed by atoms with Crippen molar-refractivity contribution in [1.29, 1.82) is 0 Å². The van der Waals surface area contributed by atoms with Crippen LogP contribution in [0.5, 0.6) is 0 Å². The van der Waals surface area contributed by atoms with Crippen LogP contribution in [0.2, 0.25) is 0 Å². The number of hydrogen-bond donors (Lipinski definition) is 1. The lowest BCUT2D eigenvalue weighted by molar-refractivity contribution is -0.00545. The molecule has 2 atom stereocenters. The van der Waals surface area contributed by atoms with E-state index in [-0.39, 0.29) is 12.2 Å². The molecule has 1 fully saturated rings. The third-order valence-electron chi connectivity index (χ3n) is 5.36. The van der Waals surface area contributed by atoms with E-state index in [0.29, 0.717) is 0 Å². The van der Waals surface area contributed by atoms with Crippen molar-refractivity contribution in [2.75, 3.05) is 18.0 Å². The second-order valence-corrected chi connectivity index (χ2v) is 7.80. The number of pyridine rings is 1. The molecule has 0 saturated carbocycles. The minimum absolute atomic E-state index is 0.192. The van der Waals surface area contributed by atoms with Crippen LogP contribution in [-0.2, 0) is 11.8 Å². The minimum atomic E-state index is 0.192. The van der Waals surface area contributed by atoms with Crippen LogP contribution in [0.4, 0.5) is 5.82 Å². The van der Waals surface area contributed by atoms with E-state index < -0.39 is 0 Å². The average molecular weight is 388 g/mol. The van der Waals surface area contributed by atoms with Gasteiger partial charge >= 0.3 is 0 Å². The van der Waals surface area contributed by atoms with Gasteiger partial charge in [-0.25, -0.2) is 4.98 Å². The number of benzene rings is 1. The lowest BCUT2D eigenvalue weighted by Gasteiger charge is -2.36. The van der Waals surface area contributed by atoms with Gasteiger partial charge in [-0.1, -0.05) is 6.07 Å². The molecule has 0 radical (unpaired) electrons. The molecule has 0 spiro atoms. The maximum Gasteiger partial charge on any atom is 0.129 e. The molecule has 1 aliphatic rings. The standard InChI is InChI=1S/C22H24N6O/c1-14-11-28(12-15(2)29-14)21-9-17(6-7-23-21)22-19-8-16(4-5-20(19)25-26-22)18-10-24-27(3)13-18/h4-10,13-15H,11-12H2,1-3H3,(H,25,26)/t14-,15+. The van der Waals surface area contributed by atoms with Crippen molar-refractivity contribution in [3.8, 4) is 22.4 Å². The van der Waals surface area contributed by atoms with Crippen LogP contribution in [0.3, 0.4) is 0 Å². The highest BCUT2D eigenvalue weighted by molar-refractivity contribution is 5.95. The summed E-state index contributed by atoms with van der Waals surface area (Å²) >= 11 is 0. The highest BCUT2D eigenvalue weighted by atomic mass is 16.5. The molecular formula is C22H24N6O. The van der Waals surface area contributed by atoms with Crippen LogP contribution in [-0.4, -0.2) is 50.3 Å². The summed E-state index contributed by atoms with van der Waals surface area (Å²) in [6.07, 6.45) is 6.15. The molecule has 1 N–H and O–H groups in total. The van der Waals surface area contributed by atoms with Gasteiger partial charge in [-0.15, -0.1) is 0 Å². The van der Waals surface area contributed by atoms with Gasteiger partial charge < -0.3 is 9.64 Å². The predicted molar refractivity (Wildman–Crippen MR) is 114 cm³/mol. The summed E-state index contributed by atoms with van der Waals surface area (Å²) in [5.74, 6) is 0.962. The summed E-state index contributed by atoms with van der Waals surface area (Å²) in [5.41, 5.74) is 5.21. The quantitative estimate of drug-likeness (QED) is 0.580. The number of nitrogens with one attached hydrogen (secondary N) is 1. The van der Waals surface area contributed by atoms with Gasteiger partial charge in [-0.05, 0) is 43.7 Å². The largest absolute Gasteiger partial charge is 0.372 e. The molecule has 3 aromatic heterocycles. The van der Waals surface area contributed by atoms with E-state index in [1.165, 1.54) is 0 Å². The first-order valence-corrected chi connectivity index (χ1v) is 9.91. The zero-order valence-corrected chi connectivity index (χ0v) is 16.8. The predicted octanol–water partition coefficient (Wildman–Crippen LogP) is 3.64. The molecule has 0 amide bonds. The van der Waals surface area contributed by atoms with E-state index >= 15 is 0 Å². The fourth-order valence-corrected chi connectivity index (χ4v) is 4.09. The summed E-state index contributed by atoms with van der Waals surface area (Å²) in [4.78, 5) is 6.90. The first-order chi connectivity index (χ1) is 14.1. The average Bonchev–Trinajstić information content (AvgIpc) is 3.33. The topological polar surface area (TPSA) is 71.9 Å².